The van der Waals surface area contributed by atoms with E-state index in [2.05, 4.69) is 10.3 Å². The van der Waals surface area contributed by atoms with Crippen LogP contribution in [0.3, 0.4) is 0 Å². The maximum Gasteiger partial charge on any atom is 0.145 e. The largest absolute Gasteiger partial charge is 0.399 e. The van der Waals surface area contributed by atoms with Gasteiger partial charge in [0.1, 0.15) is 5.82 Å². The van der Waals surface area contributed by atoms with Crippen LogP contribution in [0.15, 0.2) is 36.5 Å². The number of hydrogen-bond donors (Lipinski definition) is 2. The Hall–Kier alpha value is -1.45. The molecule has 0 unspecified atom stereocenters. The summed E-state index contributed by atoms with van der Waals surface area (Å²) < 4.78 is 0. The van der Waals surface area contributed by atoms with Gasteiger partial charge in [-0.05, 0) is 23.8 Å². The Morgan fingerprint density at radius 1 is 1.24 bits per heavy atom. The summed E-state index contributed by atoms with van der Waals surface area (Å²) in [7, 11) is 0. The fourth-order valence-corrected chi connectivity index (χ4v) is 1.88. The van der Waals surface area contributed by atoms with Crippen LogP contribution in [-0.4, -0.2) is 4.98 Å². The summed E-state index contributed by atoms with van der Waals surface area (Å²) in [5.74, 6) is 0.610. The van der Waals surface area contributed by atoms with Gasteiger partial charge in [-0.1, -0.05) is 35.3 Å². The molecule has 0 saturated heterocycles. The zero-order valence-corrected chi connectivity index (χ0v) is 10.5. The van der Waals surface area contributed by atoms with Gasteiger partial charge in [-0.3, -0.25) is 0 Å². The molecule has 0 aliphatic rings. The Bertz CT molecular complexity index is 529. The second-order valence-corrected chi connectivity index (χ2v) is 4.43. The number of nitrogens with one attached hydrogen (secondary N) is 1. The van der Waals surface area contributed by atoms with E-state index in [4.69, 9.17) is 28.9 Å². The van der Waals surface area contributed by atoms with Crippen molar-refractivity contribution in [1.82, 2.24) is 4.98 Å². The van der Waals surface area contributed by atoms with Crippen LogP contribution in [-0.2, 0) is 6.54 Å². The van der Waals surface area contributed by atoms with Gasteiger partial charge >= 0.3 is 0 Å². The number of halogens is 2. The monoisotopic (exact) mass is 267 g/mol. The van der Waals surface area contributed by atoms with E-state index in [1.807, 2.05) is 24.3 Å². The molecule has 88 valence electrons. The molecule has 1 heterocycles. The zero-order valence-electron chi connectivity index (χ0n) is 8.95. The first-order valence-electron chi connectivity index (χ1n) is 5.04. The third kappa shape index (κ3) is 3.25. The maximum atomic E-state index is 5.99. The van der Waals surface area contributed by atoms with E-state index >= 15 is 0 Å². The highest BCUT2D eigenvalue weighted by Crippen LogP contribution is 2.23. The van der Waals surface area contributed by atoms with Crippen molar-refractivity contribution in [2.45, 2.75) is 6.54 Å². The molecule has 0 amide bonds. The molecule has 3 N–H and O–H groups in total. The Kier molecular flexibility index (Phi) is 3.71. The molecule has 0 spiro atoms. The van der Waals surface area contributed by atoms with E-state index in [1.54, 1.807) is 12.3 Å². The van der Waals surface area contributed by atoms with Gasteiger partial charge in [0.2, 0.25) is 0 Å². The lowest BCUT2D eigenvalue weighted by Crippen LogP contribution is -2.02. The van der Waals surface area contributed by atoms with Crippen molar-refractivity contribution in [3.05, 3.63) is 52.1 Å². The number of nitrogen functional groups attached to an aromatic ring is 1. The first-order chi connectivity index (χ1) is 8.15. The highest BCUT2D eigenvalue weighted by Gasteiger charge is 2.02. The summed E-state index contributed by atoms with van der Waals surface area (Å²) >= 11 is 11.8. The summed E-state index contributed by atoms with van der Waals surface area (Å²) in [6.07, 6.45) is 1.55. The number of aromatic nitrogens is 1. The molecule has 0 aliphatic carbocycles. The molecule has 0 fully saturated rings. The quantitative estimate of drug-likeness (QED) is 0.836. The van der Waals surface area contributed by atoms with E-state index in [1.165, 1.54) is 0 Å². The Balaban J connectivity index is 2.07. The van der Waals surface area contributed by atoms with E-state index in [0.717, 1.165) is 11.3 Å². The van der Waals surface area contributed by atoms with Crippen LogP contribution in [0, 0.1) is 0 Å². The lowest BCUT2D eigenvalue weighted by molar-refractivity contribution is 1.11. The molecule has 1 aromatic carbocycles. The molecule has 3 nitrogen and oxygen atoms in total. The zero-order chi connectivity index (χ0) is 12.3. The minimum Gasteiger partial charge on any atom is -0.399 e. The molecule has 17 heavy (non-hydrogen) atoms. The van der Waals surface area contributed by atoms with Crippen LogP contribution >= 0.6 is 23.2 Å². The van der Waals surface area contributed by atoms with Gasteiger partial charge in [-0.2, -0.15) is 0 Å². The van der Waals surface area contributed by atoms with Crippen LogP contribution < -0.4 is 11.1 Å². The molecule has 0 saturated carbocycles. The number of hydrogen-bond acceptors (Lipinski definition) is 3. The normalized spacial score (nSPS) is 10.2. The molecular weight excluding hydrogens is 257 g/mol. The molecule has 0 atom stereocenters. The first kappa shape index (κ1) is 12.0. The third-order valence-corrected chi connectivity index (χ3v) is 2.71. The standard InChI is InChI=1S/C12H11Cl2N3/c13-9-5-11(14)12(17-7-9)16-6-8-2-1-3-10(15)4-8/h1-5,7H,6,15H2,(H,16,17). The fourth-order valence-electron chi connectivity index (χ4n) is 1.43. The van der Waals surface area contributed by atoms with Crippen molar-refractivity contribution >= 4 is 34.7 Å². The summed E-state index contributed by atoms with van der Waals surface area (Å²) in [6, 6.07) is 9.28. The van der Waals surface area contributed by atoms with Crippen molar-refractivity contribution in [3.8, 4) is 0 Å². The molecule has 2 rings (SSSR count). The molecule has 0 bridgehead atoms. The topological polar surface area (TPSA) is 50.9 Å². The van der Waals surface area contributed by atoms with Crippen LogP contribution in [0.1, 0.15) is 5.56 Å². The number of nitrogens with two attached hydrogens (primary N) is 1. The lowest BCUT2D eigenvalue weighted by atomic mass is 10.2. The Morgan fingerprint density at radius 3 is 2.76 bits per heavy atom. The van der Waals surface area contributed by atoms with Crippen molar-refractivity contribution in [3.63, 3.8) is 0 Å². The van der Waals surface area contributed by atoms with Crippen molar-refractivity contribution in [1.29, 1.82) is 0 Å². The Morgan fingerprint density at radius 2 is 2.06 bits per heavy atom. The van der Waals surface area contributed by atoms with E-state index in [9.17, 15) is 0 Å². The number of nitrogens with zero attached hydrogens (tertiary/aromatic N) is 1. The third-order valence-electron chi connectivity index (χ3n) is 2.22. The van der Waals surface area contributed by atoms with Gasteiger partial charge in [0, 0.05) is 18.4 Å². The summed E-state index contributed by atoms with van der Waals surface area (Å²) in [4.78, 5) is 4.11. The molecular formula is C12H11Cl2N3. The van der Waals surface area contributed by atoms with E-state index in [0.29, 0.717) is 22.4 Å². The van der Waals surface area contributed by atoms with Crippen molar-refractivity contribution in [2.75, 3.05) is 11.1 Å². The minimum absolute atomic E-state index is 0.501. The van der Waals surface area contributed by atoms with Gasteiger partial charge < -0.3 is 11.1 Å². The smallest absolute Gasteiger partial charge is 0.145 e. The van der Waals surface area contributed by atoms with Crippen molar-refractivity contribution < 1.29 is 0 Å². The molecule has 0 aliphatic heterocycles. The molecule has 2 aromatic rings. The number of benzene rings is 1. The number of rotatable bonds is 3. The fraction of sp³-hybridized carbons (Fsp3) is 0.0833. The molecule has 1 aromatic heterocycles. The van der Waals surface area contributed by atoms with Crippen LogP contribution in [0.4, 0.5) is 11.5 Å². The average molecular weight is 268 g/mol. The van der Waals surface area contributed by atoms with Crippen LogP contribution in [0.5, 0.6) is 0 Å². The molecule has 0 radical (unpaired) electrons. The number of anilines is 2. The maximum absolute atomic E-state index is 5.99. The van der Waals surface area contributed by atoms with Gasteiger partial charge in [0.05, 0.1) is 10.0 Å². The Labute approximate surface area is 110 Å². The highest BCUT2D eigenvalue weighted by atomic mass is 35.5. The van der Waals surface area contributed by atoms with Gasteiger partial charge in [0.15, 0.2) is 0 Å². The summed E-state index contributed by atoms with van der Waals surface area (Å²) in [5.41, 5.74) is 7.49. The van der Waals surface area contributed by atoms with Gasteiger partial charge in [-0.15, -0.1) is 0 Å². The molecule has 5 heteroatoms. The summed E-state index contributed by atoms with van der Waals surface area (Å²) in [5, 5.41) is 4.15. The average Bonchev–Trinajstić information content (AvgIpc) is 2.28. The van der Waals surface area contributed by atoms with Crippen molar-refractivity contribution in [2.24, 2.45) is 0 Å². The second-order valence-electron chi connectivity index (χ2n) is 3.58. The first-order valence-corrected chi connectivity index (χ1v) is 5.80. The highest BCUT2D eigenvalue weighted by molar-refractivity contribution is 6.35. The van der Waals surface area contributed by atoms with Crippen LogP contribution in [0.25, 0.3) is 0 Å². The SMILES string of the molecule is Nc1cccc(CNc2ncc(Cl)cc2Cl)c1. The number of pyridine rings is 1. The minimum atomic E-state index is 0.501. The predicted molar refractivity (Wildman–Crippen MR) is 72.4 cm³/mol. The van der Waals surface area contributed by atoms with E-state index < -0.39 is 0 Å². The summed E-state index contributed by atoms with van der Waals surface area (Å²) in [6.45, 7) is 0.611. The van der Waals surface area contributed by atoms with Gasteiger partial charge in [0.25, 0.3) is 0 Å². The lowest BCUT2D eigenvalue weighted by Gasteiger charge is -2.08. The van der Waals surface area contributed by atoms with E-state index in [-0.39, 0.29) is 0 Å². The predicted octanol–water partition coefficient (Wildman–Crippen LogP) is 3.58. The van der Waals surface area contributed by atoms with Crippen LogP contribution in [0.2, 0.25) is 10.0 Å². The second kappa shape index (κ2) is 5.25. The van der Waals surface area contributed by atoms with Gasteiger partial charge in [-0.25, -0.2) is 4.98 Å².